The number of nitrogen functional groups attached to an aromatic ring is 1. The first-order valence-electron chi connectivity index (χ1n) is 4.63. The van der Waals surface area contributed by atoms with Crippen molar-refractivity contribution < 1.29 is 4.74 Å². The minimum absolute atomic E-state index is 0.150. The Morgan fingerprint density at radius 3 is 2.93 bits per heavy atom. The molecule has 0 saturated heterocycles. The Hall–Kier alpha value is -1.29. The van der Waals surface area contributed by atoms with E-state index in [0.717, 1.165) is 11.5 Å². The van der Waals surface area contributed by atoms with Gasteiger partial charge in [-0.15, -0.1) is 0 Å². The number of anilines is 2. The van der Waals surface area contributed by atoms with Crippen molar-refractivity contribution in [1.29, 1.82) is 0 Å². The molecular formula is C10H17N3O. The third-order valence-corrected chi connectivity index (χ3v) is 2.03. The number of hydrogen-bond acceptors (Lipinski definition) is 4. The number of ether oxygens (including phenoxy) is 1. The maximum Gasteiger partial charge on any atom is 0.149 e. The SMILES string of the molecule is COC(C)CNc1nc(C)ccc1N. The van der Waals surface area contributed by atoms with Crippen LogP contribution in [0.5, 0.6) is 0 Å². The molecule has 1 aromatic heterocycles. The van der Waals surface area contributed by atoms with E-state index in [1.165, 1.54) is 0 Å². The summed E-state index contributed by atoms with van der Waals surface area (Å²) >= 11 is 0. The fourth-order valence-corrected chi connectivity index (χ4v) is 1.03. The van der Waals surface area contributed by atoms with Crippen molar-refractivity contribution in [2.45, 2.75) is 20.0 Å². The summed E-state index contributed by atoms with van der Waals surface area (Å²) in [7, 11) is 1.68. The number of rotatable bonds is 4. The highest BCUT2D eigenvalue weighted by Gasteiger charge is 2.03. The van der Waals surface area contributed by atoms with Gasteiger partial charge in [-0.05, 0) is 26.0 Å². The highest BCUT2D eigenvalue weighted by atomic mass is 16.5. The zero-order chi connectivity index (χ0) is 10.6. The molecule has 0 saturated carbocycles. The molecule has 0 aliphatic rings. The van der Waals surface area contributed by atoms with Gasteiger partial charge in [0.1, 0.15) is 5.82 Å². The quantitative estimate of drug-likeness (QED) is 0.762. The Morgan fingerprint density at radius 2 is 2.29 bits per heavy atom. The van der Waals surface area contributed by atoms with Crippen LogP contribution in [-0.4, -0.2) is 24.7 Å². The van der Waals surface area contributed by atoms with E-state index >= 15 is 0 Å². The molecule has 0 amide bonds. The van der Waals surface area contributed by atoms with E-state index in [-0.39, 0.29) is 6.10 Å². The highest BCUT2D eigenvalue weighted by Crippen LogP contribution is 2.15. The van der Waals surface area contributed by atoms with Crippen LogP contribution < -0.4 is 11.1 Å². The smallest absolute Gasteiger partial charge is 0.149 e. The Labute approximate surface area is 84.5 Å². The van der Waals surface area contributed by atoms with E-state index in [9.17, 15) is 0 Å². The van der Waals surface area contributed by atoms with Crippen molar-refractivity contribution >= 4 is 11.5 Å². The van der Waals surface area contributed by atoms with Gasteiger partial charge in [-0.3, -0.25) is 0 Å². The average Bonchev–Trinajstić information content (AvgIpc) is 2.19. The highest BCUT2D eigenvalue weighted by molar-refractivity contribution is 5.61. The first-order valence-corrected chi connectivity index (χ1v) is 4.63. The predicted octanol–water partition coefficient (Wildman–Crippen LogP) is 1.42. The number of nitrogens with one attached hydrogen (secondary N) is 1. The van der Waals surface area contributed by atoms with Gasteiger partial charge in [0, 0.05) is 19.3 Å². The van der Waals surface area contributed by atoms with Gasteiger partial charge in [-0.2, -0.15) is 0 Å². The number of nitrogens with two attached hydrogens (primary N) is 1. The number of pyridine rings is 1. The van der Waals surface area contributed by atoms with Crippen molar-refractivity contribution in [2.24, 2.45) is 0 Å². The molecule has 3 N–H and O–H groups in total. The van der Waals surface area contributed by atoms with Crippen LogP contribution in [0.4, 0.5) is 11.5 Å². The molecular weight excluding hydrogens is 178 g/mol. The second-order valence-corrected chi connectivity index (χ2v) is 3.32. The van der Waals surface area contributed by atoms with Crippen molar-refractivity contribution in [2.75, 3.05) is 24.7 Å². The normalized spacial score (nSPS) is 12.5. The Bertz CT molecular complexity index is 301. The van der Waals surface area contributed by atoms with Crippen LogP contribution in [-0.2, 0) is 4.74 Å². The lowest BCUT2D eigenvalue weighted by Gasteiger charge is -2.12. The molecule has 0 bridgehead atoms. The summed E-state index contributed by atoms with van der Waals surface area (Å²) in [5, 5.41) is 3.14. The number of aryl methyl sites for hydroxylation is 1. The van der Waals surface area contributed by atoms with Crippen LogP contribution in [0, 0.1) is 6.92 Å². The standard InChI is InChI=1S/C10H17N3O/c1-7-4-5-9(11)10(13-7)12-6-8(2)14-3/h4-5,8H,6,11H2,1-3H3,(H,12,13). The first-order chi connectivity index (χ1) is 6.63. The van der Waals surface area contributed by atoms with Crippen molar-refractivity contribution in [3.05, 3.63) is 17.8 Å². The molecule has 0 fully saturated rings. The fourth-order valence-electron chi connectivity index (χ4n) is 1.03. The fraction of sp³-hybridized carbons (Fsp3) is 0.500. The maximum absolute atomic E-state index is 5.75. The van der Waals surface area contributed by atoms with Crippen LogP contribution in [0.25, 0.3) is 0 Å². The molecule has 1 atom stereocenters. The van der Waals surface area contributed by atoms with Crippen molar-refractivity contribution in [3.63, 3.8) is 0 Å². The molecule has 4 nitrogen and oxygen atoms in total. The van der Waals surface area contributed by atoms with Gasteiger partial charge in [0.05, 0.1) is 11.8 Å². The lowest BCUT2D eigenvalue weighted by atomic mass is 10.3. The van der Waals surface area contributed by atoms with Gasteiger partial charge >= 0.3 is 0 Å². The summed E-state index contributed by atoms with van der Waals surface area (Å²) in [6.07, 6.45) is 0.150. The zero-order valence-electron chi connectivity index (χ0n) is 8.87. The lowest BCUT2D eigenvalue weighted by molar-refractivity contribution is 0.128. The molecule has 0 radical (unpaired) electrons. The van der Waals surface area contributed by atoms with Crippen molar-refractivity contribution in [3.8, 4) is 0 Å². The Kier molecular flexibility index (Phi) is 3.71. The van der Waals surface area contributed by atoms with Crippen LogP contribution in [0.3, 0.4) is 0 Å². The molecule has 78 valence electrons. The molecule has 14 heavy (non-hydrogen) atoms. The maximum atomic E-state index is 5.75. The van der Waals surface area contributed by atoms with Gasteiger partial charge in [-0.1, -0.05) is 0 Å². The lowest BCUT2D eigenvalue weighted by Crippen LogP contribution is -2.19. The van der Waals surface area contributed by atoms with E-state index in [1.54, 1.807) is 7.11 Å². The topological polar surface area (TPSA) is 60.2 Å². The second kappa shape index (κ2) is 4.81. The van der Waals surface area contributed by atoms with E-state index < -0.39 is 0 Å². The summed E-state index contributed by atoms with van der Waals surface area (Å²) in [5.41, 5.74) is 7.37. The van der Waals surface area contributed by atoms with Crippen LogP contribution >= 0.6 is 0 Å². The van der Waals surface area contributed by atoms with Crippen LogP contribution in [0.1, 0.15) is 12.6 Å². The Morgan fingerprint density at radius 1 is 1.57 bits per heavy atom. The zero-order valence-corrected chi connectivity index (χ0v) is 8.87. The molecule has 0 spiro atoms. The van der Waals surface area contributed by atoms with E-state index in [2.05, 4.69) is 10.3 Å². The second-order valence-electron chi connectivity index (χ2n) is 3.32. The van der Waals surface area contributed by atoms with Gasteiger partial charge in [-0.25, -0.2) is 4.98 Å². The van der Waals surface area contributed by atoms with E-state index in [4.69, 9.17) is 10.5 Å². The van der Waals surface area contributed by atoms with Gasteiger partial charge < -0.3 is 15.8 Å². The molecule has 0 aliphatic carbocycles. The van der Waals surface area contributed by atoms with Gasteiger partial charge in [0.2, 0.25) is 0 Å². The largest absolute Gasteiger partial charge is 0.396 e. The minimum Gasteiger partial charge on any atom is -0.396 e. The minimum atomic E-state index is 0.150. The van der Waals surface area contributed by atoms with E-state index in [1.807, 2.05) is 26.0 Å². The number of aromatic nitrogens is 1. The molecule has 1 rings (SSSR count). The van der Waals surface area contributed by atoms with Crippen LogP contribution in [0.15, 0.2) is 12.1 Å². The van der Waals surface area contributed by atoms with Crippen LogP contribution in [0.2, 0.25) is 0 Å². The average molecular weight is 195 g/mol. The molecule has 1 unspecified atom stereocenters. The summed E-state index contributed by atoms with van der Waals surface area (Å²) in [6, 6.07) is 3.74. The third-order valence-electron chi connectivity index (χ3n) is 2.03. The first kappa shape index (κ1) is 10.8. The molecule has 1 heterocycles. The summed E-state index contributed by atoms with van der Waals surface area (Å²) in [4.78, 5) is 4.29. The van der Waals surface area contributed by atoms with E-state index in [0.29, 0.717) is 12.2 Å². The number of hydrogen-bond donors (Lipinski definition) is 2. The monoisotopic (exact) mass is 195 g/mol. The Balaban J connectivity index is 2.62. The van der Waals surface area contributed by atoms with Gasteiger partial charge in [0.15, 0.2) is 0 Å². The van der Waals surface area contributed by atoms with Crippen molar-refractivity contribution in [1.82, 2.24) is 4.98 Å². The van der Waals surface area contributed by atoms with Gasteiger partial charge in [0.25, 0.3) is 0 Å². The molecule has 0 aromatic carbocycles. The summed E-state index contributed by atoms with van der Waals surface area (Å²) in [6.45, 7) is 4.63. The number of nitrogens with zero attached hydrogens (tertiary/aromatic N) is 1. The summed E-state index contributed by atoms with van der Waals surface area (Å²) in [5.74, 6) is 0.730. The molecule has 1 aromatic rings. The summed E-state index contributed by atoms with van der Waals surface area (Å²) < 4.78 is 5.11. The molecule has 4 heteroatoms. The number of methoxy groups -OCH3 is 1. The third kappa shape index (κ3) is 2.88. The predicted molar refractivity (Wildman–Crippen MR) is 58.3 cm³/mol. The molecule has 0 aliphatic heterocycles.